The lowest BCUT2D eigenvalue weighted by molar-refractivity contribution is -0.529. The molecule has 0 fully saturated rings. The summed E-state index contributed by atoms with van der Waals surface area (Å²) in [5, 5.41) is 1.46. The Kier molecular flexibility index (Phi) is 3.17. The highest BCUT2D eigenvalue weighted by atomic mass is 16.3. The molecule has 4 heteroatoms. The number of aromatic nitrogens is 1. The van der Waals surface area contributed by atoms with Gasteiger partial charge in [-0.25, -0.2) is 4.98 Å². The van der Waals surface area contributed by atoms with E-state index in [2.05, 4.69) is 18.8 Å². The number of hydrazine groups is 1. The molecule has 0 aliphatic carbocycles. The number of pyridine rings is 1. The molecule has 0 radical (unpaired) electrons. The van der Waals surface area contributed by atoms with E-state index in [1.165, 1.54) is 17.6 Å². The zero-order chi connectivity index (χ0) is 10.7. The van der Waals surface area contributed by atoms with E-state index in [1.54, 1.807) is 13.2 Å². The molecule has 0 atom stereocenters. The number of hydrogen-bond acceptors (Lipinski definition) is 2. The van der Waals surface area contributed by atoms with Crippen molar-refractivity contribution >= 4 is 5.82 Å². The predicted molar refractivity (Wildman–Crippen MR) is 56.3 cm³/mol. The average molecular weight is 194 g/mol. The van der Waals surface area contributed by atoms with Crippen LogP contribution in [-0.2, 0) is 0 Å². The molecular weight excluding hydrogens is 178 g/mol. The van der Waals surface area contributed by atoms with E-state index in [1.807, 2.05) is 12.1 Å². The predicted octanol–water partition coefficient (Wildman–Crippen LogP) is 1.96. The summed E-state index contributed by atoms with van der Waals surface area (Å²) in [6.07, 6.45) is 1.73. The van der Waals surface area contributed by atoms with Gasteiger partial charge in [0, 0.05) is 6.20 Å². The van der Waals surface area contributed by atoms with Crippen LogP contribution in [-0.4, -0.2) is 23.9 Å². The molecule has 1 aromatic rings. The average Bonchev–Trinajstić information content (AvgIpc) is 2.16. The molecule has 0 saturated carbocycles. The monoisotopic (exact) mass is 194 g/mol. The van der Waals surface area contributed by atoms with E-state index in [0.717, 1.165) is 4.87 Å². The molecule has 0 aliphatic rings. The lowest BCUT2D eigenvalue weighted by atomic mass is 10.1. The molecule has 0 spiro atoms. The Morgan fingerprint density at radius 3 is 2.64 bits per heavy atom. The van der Waals surface area contributed by atoms with E-state index >= 15 is 0 Å². The van der Waals surface area contributed by atoms with Crippen LogP contribution in [0.25, 0.3) is 0 Å². The molecule has 14 heavy (non-hydrogen) atoms. The van der Waals surface area contributed by atoms with Crippen LogP contribution in [0, 0.1) is 4.91 Å². The van der Waals surface area contributed by atoms with Gasteiger partial charge in [-0.3, -0.25) is 0 Å². The van der Waals surface area contributed by atoms with Gasteiger partial charge in [0.05, 0.1) is 12.0 Å². The Bertz CT molecular complexity index is 336. The lowest BCUT2D eigenvalue weighted by Crippen LogP contribution is -2.26. The smallest absolute Gasteiger partial charge is 0.216 e. The van der Waals surface area contributed by atoms with Gasteiger partial charge in [0.25, 0.3) is 0 Å². The van der Waals surface area contributed by atoms with Gasteiger partial charge in [0.1, 0.15) is 4.87 Å². The third-order valence-electron chi connectivity index (χ3n) is 2.19. The van der Waals surface area contributed by atoms with Crippen LogP contribution in [0.1, 0.15) is 25.3 Å². The van der Waals surface area contributed by atoms with Crippen LogP contribution in [0.2, 0.25) is 0 Å². The van der Waals surface area contributed by atoms with Gasteiger partial charge in [-0.15, -0.1) is 0 Å². The molecule has 0 aliphatic heterocycles. The molecule has 1 aromatic heterocycles. The normalized spacial score (nSPS) is 10.4. The van der Waals surface area contributed by atoms with Gasteiger partial charge >= 0.3 is 0 Å². The number of anilines is 1. The van der Waals surface area contributed by atoms with E-state index in [4.69, 9.17) is 0 Å². The largest absolute Gasteiger partial charge is 0.234 e. The molecule has 0 bridgehead atoms. The second kappa shape index (κ2) is 4.17. The van der Waals surface area contributed by atoms with E-state index in [9.17, 15) is 4.91 Å². The van der Waals surface area contributed by atoms with Gasteiger partial charge in [-0.1, -0.05) is 18.9 Å². The van der Waals surface area contributed by atoms with Crippen molar-refractivity contribution in [2.45, 2.75) is 19.8 Å². The Balaban J connectivity index is 2.99. The summed E-state index contributed by atoms with van der Waals surface area (Å²) < 4.78 is 0. The lowest BCUT2D eigenvalue weighted by Gasteiger charge is -2.09. The molecule has 1 rings (SSSR count). The number of nitroso groups, excluding NO2 is 1. The molecule has 0 amide bonds. The van der Waals surface area contributed by atoms with Gasteiger partial charge in [-0.2, -0.15) is 0 Å². The zero-order valence-electron chi connectivity index (χ0n) is 9.06. The minimum absolute atomic E-state index is 0.446. The standard InChI is InChI=1S/C10H16N3O/c1-8(2)9-5-6-11-10(7-9)12(3)13(4)14/h5-8H,1-4H3/q+1. The van der Waals surface area contributed by atoms with Crippen molar-refractivity contribution in [1.82, 2.24) is 4.98 Å². The Morgan fingerprint density at radius 1 is 1.50 bits per heavy atom. The van der Waals surface area contributed by atoms with E-state index in [-0.39, 0.29) is 0 Å². The maximum atomic E-state index is 11.0. The first-order chi connectivity index (χ1) is 6.52. The van der Waals surface area contributed by atoms with Crippen LogP contribution < -0.4 is 5.01 Å². The summed E-state index contributed by atoms with van der Waals surface area (Å²) in [5.74, 6) is 1.12. The van der Waals surface area contributed by atoms with E-state index in [0.29, 0.717) is 11.7 Å². The minimum atomic E-state index is 0.446. The first kappa shape index (κ1) is 10.6. The highest BCUT2D eigenvalue weighted by molar-refractivity contribution is 5.38. The summed E-state index contributed by atoms with van der Waals surface area (Å²) in [5.41, 5.74) is 1.18. The second-order valence-corrected chi connectivity index (χ2v) is 3.59. The second-order valence-electron chi connectivity index (χ2n) is 3.59. The van der Waals surface area contributed by atoms with Crippen LogP contribution in [0.5, 0.6) is 0 Å². The van der Waals surface area contributed by atoms with Gasteiger partial charge in [-0.05, 0) is 23.6 Å². The van der Waals surface area contributed by atoms with Crippen molar-refractivity contribution in [1.29, 1.82) is 0 Å². The fourth-order valence-corrected chi connectivity index (χ4v) is 1.11. The molecule has 0 unspecified atom stereocenters. The number of rotatable bonds is 3. The quantitative estimate of drug-likeness (QED) is 0.545. The van der Waals surface area contributed by atoms with E-state index < -0.39 is 0 Å². The molecule has 1 heterocycles. The molecule has 0 aromatic carbocycles. The minimum Gasteiger partial charge on any atom is -0.234 e. The third-order valence-corrected chi connectivity index (χ3v) is 2.19. The highest BCUT2D eigenvalue weighted by Crippen LogP contribution is 2.18. The first-order valence-corrected chi connectivity index (χ1v) is 4.63. The summed E-state index contributed by atoms with van der Waals surface area (Å²) in [6, 6.07) is 3.89. The molecule has 4 nitrogen and oxygen atoms in total. The maximum absolute atomic E-state index is 11.0. The highest BCUT2D eigenvalue weighted by Gasteiger charge is 2.13. The summed E-state index contributed by atoms with van der Waals surface area (Å²) in [7, 11) is 3.14. The zero-order valence-corrected chi connectivity index (χ0v) is 9.06. The Labute approximate surface area is 84.1 Å². The first-order valence-electron chi connectivity index (χ1n) is 4.63. The van der Waals surface area contributed by atoms with Crippen LogP contribution >= 0.6 is 0 Å². The summed E-state index contributed by atoms with van der Waals surface area (Å²) in [4.78, 5) is 15.9. The Hall–Kier alpha value is -1.45. The molecular formula is C10H16N3O+. The number of hydrogen-bond donors (Lipinski definition) is 0. The third kappa shape index (κ3) is 2.28. The summed E-state index contributed by atoms with van der Waals surface area (Å²) in [6.45, 7) is 4.22. The van der Waals surface area contributed by atoms with Crippen molar-refractivity contribution in [3.63, 3.8) is 0 Å². The van der Waals surface area contributed by atoms with Crippen molar-refractivity contribution < 1.29 is 4.87 Å². The Morgan fingerprint density at radius 2 is 2.14 bits per heavy atom. The van der Waals surface area contributed by atoms with Crippen molar-refractivity contribution in [2.24, 2.45) is 0 Å². The summed E-state index contributed by atoms with van der Waals surface area (Å²) >= 11 is 0. The molecule has 76 valence electrons. The van der Waals surface area contributed by atoms with Crippen LogP contribution in [0.15, 0.2) is 18.3 Å². The molecule has 0 N–H and O–H groups in total. The van der Waals surface area contributed by atoms with Gasteiger partial charge < -0.3 is 0 Å². The van der Waals surface area contributed by atoms with Crippen molar-refractivity contribution in [3.8, 4) is 0 Å². The number of nitrogens with zero attached hydrogens (tertiary/aromatic N) is 3. The van der Waals surface area contributed by atoms with Crippen molar-refractivity contribution in [3.05, 3.63) is 28.8 Å². The fourth-order valence-electron chi connectivity index (χ4n) is 1.11. The molecule has 0 saturated heterocycles. The van der Waals surface area contributed by atoms with Gasteiger partial charge in [0.15, 0.2) is 5.82 Å². The fraction of sp³-hybridized carbons (Fsp3) is 0.500. The maximum Gasteiger partial charge on any atom is 0.216 e. The van der Waals surface area contributed by atoms with Crippen molar-refractivity contribution in [2.75, 3.05) is 19.1 Å². The van der Waals surface area contributed by atoms with Crippen LogP contribution in [0.3, 0.4) is 0 Å². The topological polar surface area (TPSA) is 36.2 Å². The van der Waals surface area contributed by atoms with Gasteiger partial charge in [0.2, 0.25) is 7.05 Å². The van der Waals surface area contributed by atoms with Crippen LogP contribution in [0.4, 0.5) is 5.82 Å². The SMILES string of the molecule is CC(C)c1ccnc(N(C)[N+](C)=O)c1.